The third kappa shape index (κ3) is 5.20. The fourth-order valence-corrected chi connectivity index (χ4v) is 2.28. The summed E-state index contributed by atoms with van der Waals surface area (Å²) < 4.78 is 12.5. The first-order valence-electron chi connectivity index (χ1n) is 6.37. The van der Waals surface area contributed by atoms with Crippen molar-refractivity contribution in [2.75, 3.05) is 13.2 Å². The molecule has 0 fully saturated rings. The summed E-state index contributed by atoms with van der Waals surface area (Å²) in [6.45, 7) is 0.770. The molecule has 0 aliphatic heterocycles. The van der Waals surface area contributed by atoms with Gasteiger partial charge < -0.3 is 9.47 Å². The average Bonchev–Trinajstić information content (AvgIpc) is 2.47. The van der Waals surface area contributed by atoms with E-state index in [0.29, 0.717) is 13.2 Å². The van der Waals surface area contributed by atoms with E-state index < -0.39 is 0 Å². The molecule has 2 nitrogen and oxygen atoms in total. The zero-order chi connectivity index (χ0) is 15.9. The third-order valence-electron chi connectivity index (χ3n) is 2.80. The van der Waals surface area contributed by atoms with Crippen LogP contribution >= 0.6 is 55.1 Å². The average molecular weight is 467 g/mol. The maximum Gasteiger partial charge on any atom is 0.127 e. The third-order valence-corrected chi connectivity index (χ3v) is 3.75. The Morgan fingerprint density at radius 2 is 1.36 bits per heavy atom. The molecule has 0 atom stereocenters. The van der Waals surface area contributed by atoms with E-state index in [0.717, 1.165) is 25.7 Å². The first-order chi connectivity index (χ1) is 10.6. The van der Waals surface area contributed by atoms with E-state index in [9.17, 15) is 0 Å². The van der Waals surface area contributed by atoms with E-state index in [1.54, 1.807) is 6.08 Å². The van der Waals surface area contributed by atoms with E-state index in [4.69, 9.17) is 32.7 Å². The Morgan fingerprint density at radius 3 is 1.82 bits per heavy atom. The van der Waals surface area contributed by atoms with Crippen LogP contribution in [0.25, 0.3) is 10.8 Å². The Hall–Kier alpha value is -0.680. The van der Waals surface area contributed by atoms with E-state index in [1.165, 1.54) is 0 Å². The van der Waals surface area contributed by atoms with E-state index >= 15 is 0 Å². The molecule has 116 valence electrons. The van der Waals surface area contributed by atoms with Gasteiger partial charge in [-0.05, 0) is 56.1 Å². The Bertz CT molecular complexity index is 645. The van der Waals surface area contributed by atoms with Gasteiger partial charge in [0.25, 0.3) is 0 Å². The molecule has 6 heteroatoms. The minimum Gasteiger partial charge on any atom is -0.489 e. The van der Waals surface area contributed by atoms with Gasteiger partial charge in [0.05, 0.1) is 3.39 Å². The van der Waals surface area contributed by atoms with Crippen molar-refractivity contribution in [2.24, 2.45) is 0 Å². The van der Waals surface area contributed by atoms with Crippen LogP contribution in [0.3, 0.4) is 0 Å². The number of ether oxygens (including phenoxy) is 2. The lowest BCUT2D eigenvalue weighted by atomic mass is 10.1. The second-order valence-corrected chi connectivity index (χ2v) is 8.00. The van der Waals surface area contributed by atoms with Crippen LogP contribution in [0, 0.1) is 0 Å². The summed E-state index contributed by atoms with van der Waals surface area (Å²) in [5, 5.41) is 1.96. The lowest BCUT2D eigenvalue weighted by Gasteiger charge is -2.11. The second-order valence-electron chi connectivity index (χ2n) is 4.22. The molecule has 0 aromatic heterocycles. The van der Waals surface area contributed by atoms with Crippen LogP contribution in [0.4, 0.5) is 0 Å². The summed E-state index contributed by atoms with van der Waals surface area (Å²) in [5.74, 6) is 1.55. The molecule has 0 saturated carbocycles. The summed E-state index contributed by atoms with van der Waals surface area (Å²) in [4.78, 5) is 0. The van der Waals surface area contributed by atoms with E-state index in [1.807, 2.05) is 42.5 Å². The first-order valence-corrected chi connectivity index (χ1v) is 8.72. The molecule has 0 saturated heterocycles. The number of fused-ring (bicyclic) bond motifs is 1. The zero-order valence-corrected chi connectivity index (χ0v) is 16.0. The van der Waals surface area contributed by atoms with Gasteiger partial charge in [0.1, 0.15) is 29.2 Å². The highest BCUT2D eigenvalue weighted by Crippen LogP contribution is 2.32. The standard InChI is InChI=1S/C16H12Br2Cl2O2/c17-15(18)7-9-21-13-5-1-4-12-11(13)3-2-6-14(12)22-10-8-16(19)20/h1-8H,9-10H2. The van der Waals surface area contributed by atoms with Crippen molar-refractivity contribution in [3.63, 3.8) is 0 Å². The molecule has 22 heavy (non-hydrogen) atoms. The summed E-state index contributed by atoms with van der Waals surface area (Å²) in [5.41, 5.74) is 0. The van der Waals surface area contributed by atoms with Gasteiger partial charge in [-0.2, -0.15) is 0 Å². The molecule has 0 aliphatic rings. The number of rotatable bonds is 6. The SMILES string of the molecule is ClC(Cl)=CCOc1cccc2c(OCC=C(Br)Br)cccc12. The zero-order valence-electron chi connectivity index (χ0n) is 11.4. The van der Waals surface area contributed by atoms with Crippen LogP contribution in [-0.4, -0.2) is 13.2 Å². The molecular weight excluding hydrogens is 455 g/mol. The van der Waals surface area contributed by atoms with Gasteiger partial charge in [-0.3, -0.25) is 0 Å². The molecule has 0 radical (unpaired) electrons. The van der Waals surface area contributed by atoms with Crippen LogP contribution in [0.1, 0.15) is 0 Å². The molecule has 2 aromatic carbocycles. The normalized spacial score (nSPS) is 10.2. The summed E-state index contributed by atoms with van der Waals surface area (Å²) in [6, 6.07) is 11.7. The number of benzene rings is 2. The Balaban J connectivity index is 2.26. The number of hydrogen-bond donors (Lipinski definition) is 0. The van der Waals surface area contributed by atoms with Crippen molar-refractivity contribution >= 4 is 65.8 Å². The minimum atomic E-state index is 0.191. The van der Waals surface area contributed by atoms with Crippen molar-refractivity contribution in [1.82, 2.24) is 0 Å². The van der Waals surface area contributed by atoms with Gasteiger partial charge in [-0.1, -0.05) is 47.5 Å². The van der Waals surface area contributed by atoms with Crippen molar-refractivity contribution in [1.29, 1.82) is 0 Å². The fraction of sp³-hybridized carbons (Fsp3) is 0.125. The highest BCUT2D eigenvalue weighted by atomic mass is 79.9. The van der Waals surface area contributed by atoms with Gasteiger partial charge in [0, 0.05) is 10.8 Å². The predicted molar refractivity (Wildman–Crippen MR) is 101 cm³/mol. The first kappa shape index (κ1) is 17.7. The van der Waals surface area contributed by atoms with Gasteiger partial charge in [-0.25, -0.2) is 0 Å². The summed E-state index contributed by atoms with van der Waals surface area (Å²) in [7, 11) is 0. The quantitative estimate of drug-likeness (QED) is 0.480. The van der Waals surface area contributed by atoms with Crippen LogP contribution < -0.4 is 9.47 Å². The second kappa shape index (κ2) is 8.82. The van der Waals surface area contributed by atoms with Crippen molar-refractivity contribution in [2.45, 2.75) is 0 Å². The van der Waals surface area contributed by atoms with Crippen LogP contribution in [0.5, 0.6) is 11.5 Å². The largest absolute Gasteiger partial charge is 0.489 e. The molecule has 0 aliphatic carbocycles. The Labute approximate surface area is 155 Å². The van der Waals surface area contributed by atoms with Crippen molar-refractivity contribution in [3.05, 3.63) is 56.4 Å². The maximum atomic E-state index is 5.78. The summed E-state index contributed by atoms with van der Waals surface area (Å²) in [6.07, 6.45) is 3.48. The van der Waals surface area contributed by atoms with Crippen LogP contribution in [-0.2, 0) is 0 Å². The molecule has 0 amide bonds. The van der Waals surface area contributed by atoms with Gasteiger partial charge >= 0.3 is 0 Å². The molecule has 0 spiro atoms. The van der Waals surface area contributed by atoms with Crippen LogP contribution in [0.15, 0.2) is 56.4 Å². The van der Waals surface area contributed by atoms with Crippen molar-refractivity contribution < 1.29 is 9.47 Å². The van der Waals surface area contributed by atoms with Crippen LogP contribution in [0.2, 0.25) is 0 Å². The molecule has 0 heterocycles. The predicted octanol–water partition coefficient (Wildman–Crippen LogP) is 6.55. The fourth-order valence-electron chi connectivity index (χ4n) is 1.89. The molecule has 2 rings (SSSR count). The number of halogens is 4. The Kier molecular flexibility index (Phi) is 7.09. The lowest BCUT2D eigenvalue weighted by Crippen LogP contribution is -1.97. The van der Waals surface area contributed by atoms with Gasteiger partial charge in [-0.15, -0.1) is 0 Å². The van der Waals surface area contributed by atoms with E-state index in [2.05, 4.69) is 31.9 Å². The minimum absolute atomic E-state index is 0.191. The summed E-state index contributed by atoms with van der Waals surface area (Å²) >= 11 is 17.8. The highest BCUT2D eigenvalue weighted by molar-refractivity contribution is 9.28. The molecule has 0 N–H and O–H groups in total. The molecule has 0 bridgehead atoms. The van der Waals surface area contributed by atoms with E-state index in [-0.39, 0.29) is 4.49 Å². The molecule has 2 aromatic rings. The number of hydrogen-bond acceptors (Lipinski definition) is 2. The topological polar surface area (TPSA) is 18.5 Å². The molecule has 0 unspecified atom stereocenters. The Morgan fingerprint density at radius 1 is 0.864 bits per heavy atom. The maximum absolute atomic E-state index is 5.78. The smallest absolute Gasteiger partial charge is 0.127 e. The highest BCUT2D eigenvalue weighted by Gasteiger charge is 2.06. The molecular formula is C16H12Br2Cl2O2. The lowest BCUT2D eigenvalue weighted by molar-refractivity contribution is 0.363. The monoisotopic (exact) mass is 464 g/mol. The van der Waals surface area contributed by atoms with Gasteiger partial charge in [0.2, 0.25) is 0 Å². The van der Waals surface area contributed by atoms with Crippen molar-refractivity contribution in [3.8, 4) is 11.5 Å². The van der Waals surface area contributed by atoms with Gasteiger partial charge in [0.15, 0.2) is 0 Å².